The van der Waals surface area contributed by atoms with Crippen LogP contribution in [0, 0.1) is 0 Å². The van der Waals surface area contributed by atoms with Gasteiger partial charge in [-0.2, -0.15) is 13.5 Å². The normalized spacial score (nSPS) is 12.5. The highest BCUT2D eigenvalue weighted by atomic mass is 35.5. The number of nitrogens with zero attached hydrogens (tertiary/aromatic N) is 2. The number of nitrogens with one attached hydrogen (secondary N) is 3. The van der Waals surface area contributed by atoms with E-state index < -0.39 is 16.1 Å². The topological polar surface area (TPSA) is 129 Å². The predicted molar refractivity (Wildman–Crippen MR) is 126 cm³/mol. The Hall–Kier alpha value is -3.18. The number of aliphatic hydroxyl groups is 1. The molecule has 11 heteroatoms. The quantitative estimate of drug-likeness (QED) is 0.253. The van der Waals surface area contributed by atoms with Crippen LogP contribution in [0.4, 0.5) is 5.69 Å². The maximum Gasteiger partial charge on any atom is 0.279 e. The number of aromatic amines is 1. The number of fused-ring (bicyclic) bond motifs is 1. The summed E-state index contributed by atoms with van der Waals surface area (Å²) in [4.78, 5) is 3.87. The second-order valence-electron chi connectivity index (χ2n) is 7.18. The molecule has 2 aromatic heterocycles. The number of aliphatic hydroxyl groups excluding tert-OH is 1. The van der Waals surface area contributed by atoms with Crippen LogP contribution in [0.25, 0.3) is 10.9 Å². The maximum atomic E-state index is 12.4. The minimum Gasteiger partial charge on any atom is -0.492 e. The molecule has 0 aliphatic heterocycles. The molecule has 0 aliphatic carbocycles. The van der Waals surface area contributed by atoms with Crippen LogP contribution in [-0.4, -0.2) is 48.4 Å². The standard InChI is InChI=1S/C22H22ClN5O4S/c23-22-18-8-7-17(13-19(18)26-27-22)32-11-10-24-14-20(29)15-4-3-5-16(12-15)28-33(30,31)21-6-1-2-9-25-21/h1-9,12-13,20,24,28-29H,10-11,14H2,(H,26,27). The van der Waals surface area contributed by atoms with E-state index in [0.717, 1.165) is 10.9 Å². The molecule has 172 valence electrons. The van der Waals surface area contributed by atoms with Crippen molar-refractivity contribution in [2.75, 3.05) is 24.4 Å². The van der Waals surface area contributed by atoms with Gasteiger partial charge in [0.25, 0.3) is 10.0 Å². The summed E-state index contributed by atoms with van der Waals surface area (Å²) in [6.07, 6.45) is 0.585. The zero-order chi connectivity index (χ0) is 23.3. The van der Waals surface area contributed by atoms with Crippen LogP contribution in [0.5, 0.6) is 5.75 Å². The Kier molecular flexibility index (Phi) is 7.09. The first-order valence-corrected chi connectivity index (χ1v) is 12.0. The molecule has 0 spiro atoms. The van der Waals surface area contributed by atoms with E-state index >= 15 is 0 Å². The zero-order valence-corrected chi connectivity index (χ0v) is 19.0. The first-order chi connectivity index (χ1) is 15.9. The Labute approximate surface area is 195 Å². The lowest BCUT2D eigenvalue weighted by atomic mass is 10.1. The molecule has 33 heavy (non-hydrogen) atoms. The van der Waals surface area contributed by atoms with Gasteiger partial charge in [0, 0.05) is 36.4 Å². The molecule has 9 nitrogen and oxygen atoms in total. The summed E-state index contributed by atoms with van der Waals surface area (Å²) in [6.45, 7) is 1.16. The van der Waals surface area contributed by atoms with Gasteiger partial charge in [-0.1, -0.05) is 29.8 Å². The van der Waals surface area contributed by atoms with E-state index in [1.165, 1.54) is 12.3 Å². The highest BCUT2D eigenvalue weighted by Gasteiger charge is 2.16. The summed E-state index contributed by atoms with van der Waals surface area (Å²) < 4.78 is 33.1. The molecule has 0 aliphatic rings. The number of hydrogen-bond donors (Lipinski definition) is 4. The van der Waals surface area contributed by atoms with Crippen LogP contribution < -0.4 is 14.8 Å². The number of aromatic nitrogens is 3. The number of H-pyrrole nitrogens is 1. The van der Waals surface area contributed by atoms with Gasteiger partial charge in [-0.15, -0.1) is 0 Å². The molecule has 4 rings (SSSR count). The van der Waals surface area contributed by atoms with Gasteiger partial charge >= 0.3 is 0 Å². The fourth-order valence-electron chi connectivity index (χ4n) is 3.17. The van der Waals surface area contributed by atoms with Crippen LogP contribution in [0.1, 0.15) is 11.7 Å². The Morgan fingerprint density at radius 1 is 1.12 bits per heavy atom. The zero-order valence-electron chi connectivity index (χ0n) is 17.4. The van der Waals surface area contributed by atoms with Crippen molar-refractivity contribution in [3.8, 4) is 5.75 Å². The molecule has 1 unspecified atom stereocenters. The molecule has 0 bridgehead atoms. The number of rotatable bonds is 10. The number of hydrogen-bond acceptors (Lipinski definition) is 7. The van der Waals surface area contributed by atoms with Gasteiger partial charge in [0.15, 0.2) is 5.03 Å². The van der Waals surface area contributed by atoms with Crippen LogP contribution in [0.15, 0.2) is 71.9 Å². The molecule has 0 fully saturated rings. The highest BCUT2D eigenvalue weighted by molar-refractivity contribution is 7.92. The summed E-state index contributed by atoms with van der Waals surface area (Å²) >= 11 is 5.99. The number of pyridine rings is 1. The minimum absolute atomic E-state index is 0.0767. The number of sulfonamides is 1. The van der Waals surface area contributed by atoms with Crippen molar-refractivity contribution in [2.24, 2.45) is 0 Å². The van der Waals surface area contributed by atoms with Crippen LogP contribution in [0.3, 0.4) is 0 Å². The number of benzene rings is 2. The van der Waals surface area contributed by atoms with Gasteiger partial charge in [-0.25, -0.2) is 4.98 Å². The van der Waals surface area contributed by atoms with Gasteiger partial charge in [0.1, 0.15) is 17.5 Å². The lowest BCUT2D eigenvalue weighted by Gasteiger charge is -2.14. The fraction of sp³-hybridized carbons (Fsp3) is 0.182. The summed E-state index contributed by atoms with van der Waals surface area (Å²) in [5.41, 5.74) is 1.64. The van der Waals surface area contributed by atoms with Crippen molar-refractivity contribution in [3.63, 3.8) is 0 Å². The minimum atomic E-state index is -3.81. The van der Waals surface area contributed by atoms with E-state index in [9.17, 15) is 13.5 Å². The van der Waals surface area contributed by atoms with Crippen LogP contribution in [-0.2, 0) is 10.0 Å². The average Bonchev–Trinajstić information content (AvgIpc) is 3.19. The molecule has 4 aromatic rings. The van der Waals surface area contributed by atoms with E-state index in [1.54, 1.807) is 42.5 Å². The molecule has 0 saturated carbocycles. The third-order valence-electron chi connectivity index (χ3n) is 4.80. The van der Waals surface area contributed by atoms with E-state index in [1.807, 2.05) is 12.1 Å². The van der Waals surface area contributed by atoms with Crippen LogP contribution in [0.2, 0.25) is 5.15 Å². The third kappa shape index (κ3) is 5.79. The predicted octanol–water partition coefficient (Wildman–Crippen LogP) is 3.11. The molecule has 0 radical (unpaired) electrons. The lowest BCUT2D eigenvalue weighted by Crippen LogP contribution is -2.26. The van der Waals surface area contributed by atoms with E-state index in [-0.39, 0.29) is 11.6 Å². The van der Waals surface area contributed by atoms with Crippen molar-refractivity contribution >= 4 is 38.2 Å². The monoisotopic (exact) mass is 487 g/mol. The Morgan fingerprint density at radius 3 is 2.82 bits per heavy atom. The van der Waals surface area contributed by atoms with Crippen LogP contribution >= 0.6 is 11.6 Å². The third-order valence-corrected chi connectivity index (χ3v) is 6.39. The summed E-state index contributed by atoms with van der Waals surface area (Å²) in [5.74, 6) is 0.668. The summed E-state index contributed by atoms with van der Waals surface area (Å²) in [5, 5.41) is 21.6. The van der Waals surface area contributed by atoms with E-state index in [4.69, 9.17) is 16.3 Å². The van der Waals surface area contributed by atoms with Gasteiger partial charge < -0.3 is 15.2 Å². The van der Waals surface area contributed by atoms with Crippen molar-refractivity contribution in [3.05, 3.63) is 77.6 Å². The molecule has 0 amide bonds. The van der Waals surface area contributed by atoms with Gasteiger partial charge in [0.2, 0.25) is 0 Å². The molecule has 4 N–H and O–H groups in total. The van der Waals surface area contributed by atoms with E-state index in [2.05, 4.69) is 25.2 Å². The molecule has 1 atom stereocenters. The SMILES string of the molecule is O=S(=O)(Nc1cccc(C(O)CNCCOc2ccc3c(Cl)[nH]nc3c2)c1)c1ccccn1. The van der Waals surface area contributed by atoms with Crippen molar-refractivity contribution in [1.82, 2.24) is 20.5 Å². The lowest BCUT2D eigenvalue weighted by molar-refractivity contribution is 0.172. The largest absolute Gasteiger partial charge is 0.492 e. The second kappa shape index (κ2) is 10.2. The van der Waals surface area contributed by atoms with E-state index in [0.29, 0.717) is 35.3 Å². The van der Waals surface area contributed by atoms with Crippen molar-refractivity contribution < 1.29 is 18.3 Å². The summed E-state index contributed by atoms with van der Waals surface area (Å²) in [6, 6.07) is 16.7. The molecular weight excluding hydrogens is 466 g/mol. The van der Waals surface area contributed by atoms with Gasteiger partial charge in [-0.3, -0.25) is 9.82 Å². The summed E-state index contributed by atoms with van der Waals surface area (Å²) in [7, 11) is -3.81. The smallest absolute Gasteiger partial charge is 0.279 e. The number of anilines is 1. The first kappa shape index (κ1) is 23.0. The van der Waals surface area contributed by atoms with Gasteiger partial charge in [-0.05, 0) is 42.0 Å². The maximum absolute atomic E-state index is 12.4. The molecular formula is C22H22ClN5O4S. The Bertz CT molecular complexity index is 1330. The highest BCUT2D eigenvalue weighted by Crippen LogP contribution is 2.24. The first-order valence-electron chi connectivity index (χ1n) is 10.1. The van der Waals surface area contributed by atoms with Crippen molar-refractivity contribution in [2.45, 2.75) is 11.1 Å². The second-order valence-corrected chi connectivity index (χ2v) is 9.19. The molecule has 0 saturated heterocycles. The number of ether oxygens (including phenoxy) is 1. The molecule has 2 heterocycles. The average molecular weight is 488 g/mol. The Balaban J connectivity index is 1.26. The van der Waals surface area contributed by atoms with Crippen molar-refractivity contribution in [1.29, 1.82) is 0 Å². The Morgan fingerprint density at radius 2 is 2.00 bits per heavy atom. The fourth-order valence-corrected chi connectivity index (χ4v) is 4.37. The van der Waals surface area contributed by atoms with Gasteiger partial charge in [0.05, 0.1) is 11.6 Å². The number of halogens is 1. The molecule has 2 aromatic carbocycles.